The van der Waals surface area contributed by atoms with Crippen LogP contribution in [0.15, 0.2) is 30.4 Å². The van der Waals surface area contributed by atoms with E-state index in [0.717, 1.165) is 0 Å². The van der Waals surface area contributed by atoms with Crippen molar-refractivity contribution in [1.82, 2.24) is 25.2 Å². The number of halogens is 3. The summed E-state index contributed by atoms with van der Waals surface area (Å²) in [5, 5.41) is 5.72. The van der Waals surface area contributed by atoms with Crippen LogP contribution in [0, 0.1) is 5.92 Å². The third-order valence-electron chi connectivity index (χ3n) is 12.1. The van der Waals surface area contributed by atoms with Crippen LogP contribution >= 0.6 is 0 Å². The number of aryl methyl sites for hydroxylation is 1. The second kappa shape index (κ2) is 15.5. The van der Waals surface area contributed by atoms with Crippen molar-refractivity contribution < 1.29 is 59.8 Å². The number of benzene rings is 1. The van der Waals surface area contributed by atoms with E-state index < -0.39 is 90.9 Å². The lowest BCUT2D eigenvalue weighted by Gasteiger charge is -2.37. The van der Waals surface area contributed by atoms with E-state index in [1.807, 2.05) is 6.08 Å². The number of nitrogens with zero attached hydrogens (tertiary/aromatic N) is 2. The third-order valence-corrected chi connectivity index (χ3v) is 14.2. The number of rotatable bonds is 7. The average molecular weight is 862 g/mol. The zero-order valence-corrected chi connectivity index (χ0v) is 34.7. The molecule has 2 saturated carbocycles. The Hall–Kier alpha value is -4.94. The molecule has 1 aromatic carbocycles. The largest absolute Gasteiger partial charge is 0.486 e. The first-order chi connectivity index (χ1) is 28.1. The van der Waals surface area contributed by atoms with Crippen LogP contribution in [0.2, 0.25) is 0 Å². The molecule has 2 aromatic rings. The molecule has 4 amide bonds. The molecule has 326 valence electrons. The summed E-state index contributed by atoms with van der Waals surface area (Å²) in [5.41, 5.74) is -5.30. The fourth-order valence-corrected chi connectivity index (χ4v) is 9.68. The van der Waals surface area contributed by atoms with Gasteiger partial charge in [-0.25, -0.2) is 18.2 Å². The fraction of sp³-hybridized carbons (Fsp3) is 0.610. The van der Waals surface area contributed by atoms with Gasteiger partial charge in [-0.1, -0.05) is 25.0 Å². The molecular formula is C41H50F3N5O10S. The summed E-state index contributed by atoms with van der Waals surface area (Å²) >= 11 is 0. The fourth-order valence-electron chi connectivity index (χ4n) is 8.37. The highest BCUT2D eigenvalue weighted by Gasteiger charge is 2.64. The number of sulfonamides is 1. The van der Waals surface area contributed by atoms with Crippen molar-refractivity contribution >= 4 is 51.0 Å². The molecule has 0 bridgehead atoms. The number of carbonyl (C=O) groups is 5. The number of allylic oxidation sites excluding steroid dienone is 1. The Morgan fingerprint density at radius 3 is 2.53 bits per heavy atom. The van der Waals surface area contributed by atoms with Crippen LogP contribution in [0.1, 0.15) is 103 Å². The van der Waals surface area contributed by atoms with Crippen LogP contribution in [-0.4, -0.2) is 95.1 Å². The Bertz CT molecular complexity index is 2240. The van der Waals surface area contributed by atoms with E-state index >= 15 is 0 Å². The molecule has 5 atom stereocenters. The van der Waals surface area contributed by atoms with E-state index in [2.05, 4.69) is 20.3 Å². The number of carbonyl (C=O) groups excluding carboxylic acids is 5. The van der Waals surface area contributed by atoms with Gasteiger partial charge in [-0.3, -0.25) is 23.9 Å². The Balaban J connectivity index is 1.27. The molecule has 4 heterocycles. The highest BCUT2D eigenvalue weighted by Crippen LogP contribution is 2.50. The van der Waals surface area contributed by atoms with Gasteiger partial charge < -0.3 is 29.7 Å². The monoisotopic (exact) mass is 861 g/mol. The molecular weight excluding hydrogens is 812 g/mol. The summed E-state index contributed by atoms with van der Waals surface area (Å²) in [4.78, 5) is 72.5. The molecule has 60 heavy (non-hydrogen) atoms. The van der Waals surface area contributed by atoms with Gasteiger partial charge in [0.25, 0.3) is 5.91 Å². The standard InChI is InChI=1S/C41H50F3N5O10S/c1-37(2,3)59-36(54)46-29-11-9-7-5-6-8-10-24-21-40(24,35(53)48-60(55,56)38(4)16-17-38)47-33(51)30-22-39(23-49(30)34(29)52)15-14-26-27-20-25(57-19-18-50)12-13-28(27)45-32(31(26)58-39)41(42,43)44/h8,10,12-13,18,20,24,29-30H,5-7,9,11,14-17,19,21-23H2,1-4H3,(H,46,54)(H,47,51)(H,48,53)/b10-8-/t24-,29+,30+,39-,40-/m1/s1. The minimum absolute atomic E-state index is 0.000360. The number of nitrogens with one attached hydrogen (secondary N) is 3. The first kappa shape index (κ1) is 43.2. The van der Waals surface area contributed by atoms with Crippen molar-refractivity contribution in [3.8, 4) is 11.5 Å². The predicted molar refractivity (Wildman–Crippen MR) is 209 cm³/mol. The lowest BCUT2D eigenvalue weighted by molar-refractivity contribution is -0.144. The molecule has 3 fully saturated rings. The topological polar surface area (TPSA) is 199 Å². The van der Waals surface area contributed by atoms with Crippen LogP contribution in [0.5, 0.6) is 11.5 Å². The minimum Gasteiger partial charge on any atom is -0.486 e. The molecule has 5 aliphatic rings. The number of hydrogen-bond donors (Lipinski definition) is 3. The van der Waals surface area contributed by atoms with Crippen molar-refractivity contribution in [2.45, 2.75) is 138 Å². The summed E-state index contributed by atoms with van der Waals surface area (Å²) in [7, 11) is -4.11. The third kappa shape index (κ3) is 8.63. The predicted octanol–water partition coefficient (Wildman–Crippen LogP) is 4.78. The maximum atomic E-state index is 14.8. The molecule has 19 heteroatoms. The summed E-state index contributed by atoms with van der Waals surface area (Å²) in [6.45, 7) is 5.83. The van der Waals surface area contributed by atoms with Crippen LogP contribution in [-0.2, 0) is 46.5 Å². The number of fused-ring (bicyclic) bond motifs is 5. The zero-order chi connectivity index (χ0) is 43.5. The molecule has 0 radical (unpaired) electrons. The van der Waals surface area contributed by atoms with Gasteiger partial charge in [-0.05, 0) is 97.3 Å². The van der Waals surface area contributed by atoms with E-state index in [0.29, 0.717) is 50.2 Å². The van der Waals surface area contributed by atoms with Gasteiger partial charge in [-0.2, -0.15) is 13.2 Å². The smallest absolute Gasteiger partial charge is 0.437 e. The summed E-state index contributed by atoms with van der Waals surface area (Å²) in [6.07, 6.45) is 1.39. The first-order valence-corrected chi connectivity index (χ1v) is 21.7. The molecule has 15 nitrogen and oxygen atoms in total. The average Bonchev–Trinajstić information content (AvgIpc) is 4.05. The Morgan fingerprint density at radius 2 is 1.85 bits per heavy atom. The molecule has 1 aromatic heterocycles. The number of amides is 4. The molecule has 3 aliphatic heterocycles. The van der Waals surface area contributed by atoms with Crippen molar-refractivity contribution in [1.29, 1.82) is 0 Å². The quantitative estimate of drug-likeness (QED) is 0.256. The van der Waals surface area contributed by atoms with Crippen molar-refractivity contribution in [2.24, 2.45) is 5.92 Å². The van der Waals surface area contributed by atoms with Gasteiger partial charge >= 0.3 is 12.3 Å². The molecule has 1 spiro atoms. The van der Waals surface area contributed by atoms with Gasteiger partial charge in [0, 0.05) is 23.3 Å². The van der Waals surface area contributed by atoms with Crippen molar-refractivity contribution in [3.63, 3.8) is 0 Å². The van der Waals surface area contributed by atoms with E-state index in [1.54, 1.807) is 26.8 Å². The van der Waals surface area contributed by atoms with Crippen LogP contribution in [0.4, 0.5) is 18.0 Å². The molecule has 0 unspecified atom stereocenters. The van der Waals surface area contributed by atoms with E-state index in [4.69, 9.17) is 14.2 Å². The summed E-state index contributed by atoms with van der Waals surface area (Å²) < 4.78 is 89.1. The first-order valence-electron chi connectivity index (χ1n) is 20.2. The molecule has 1 saturated heterocycles. The molecule has 2 aliphatic carbocycles. The van der Waals surface area contributed by atoms with Gasteiger partial charge in [0.15, 0.2) is 17.7 Å². The van der Waals surface area contributed by atoms with Gasteiger partial charge in [-0.15, -0.1) is 0 Å². The number of aromatic nitrogens is 1. The maximum absolute atomic E-state index is 14.8. The normalized spacial score (nSPS) is 28.4. The zero-order valence-electron chi connectivity index (χ0n) is 33.9. The number of ether oxygens (including phenoxy) is 3. The Kier molecular flexibility index (Phi) is 11.2. The SMILES string of the molecule is CC(C)(C)OC(=O)N[C@H]1CCCCC/C=C\[C@@H]2C[C@@]2(C(=O)NS(=O)(=O)C2(C)CC2)NC(=O)[C@@H]2C[C@]3(CCc4c(c(C(F)(F)F)nc5ccc(OCC=O)cc45)O3)CN2C1=O. The van der Waals surface area contributed by atoms with Gasteiger partial charge in [0.2, 0.25) is 21.8 Å². The second-order valence-corrected chi connectivity index (χ2v) is 20.0. The van der Waals surface area contributed by atoms with E-state index in [-0.39, 0.29) is 62.1 Å². The Morgan fingerprint density at radius 1 is 1.10 bits per heavy atom. The number of alkyl halides is 3. The highest BCUT2D eigenvalue weighted by molar-refractivity contribution is 7.91. The highest BCUT2D eigenvalue weighted by atomic mass is 32.2. The lowest BCUT2D eigenvalue weighted by atomic mass is 9.87. The van der Waals surface area contributed by atoms with Gasteiger partial charge in [0.1, 0.15) is 41.2 Å². The van der Waals surface area contributed by atoms with Crippen LogP contribution in [0.3, 0.4) is 0 Å². The van der Waals surface area contributed by atoms with Crippen LogP contribution in [0.25, 0.3) is 10.9 Å². The number of pyridine rings is 1. The minimum atomic E-state index is -4.98. The Labute approximate surface area is 345 Å². The van der Waals surface area contributed by atoms with Gasteiger partial charge in [0.05, 0.1) is 16.8 Å². The number of alkyl carbamates (subject to hydrolysis) is 1. The summed E-state index contributed by atoms with van der Waals surface area (Å²) in [5.74, 6) is -3.41. The van der Waals surface area contributed by atoms with E-state index in [1.165, 1.54) is 30.0 Å². The van der Waals surface area contributed by atoms with Crippen molar-refractivity contribution in [2.75, 3.05) is 13.2 Å². The second-order valence-electron chi connectivity index (χ2n) is 17.8. The molecule has 3 N–H and O–H groups in total. The lowest BCUT2D eigenvalue weighted by Crippen LogP contribution is -2.58. The van der Waals surface area contributed by atoms with Crippen LogP contribution < -0.4 is 24.8 Å². The number of hydrogen-bond acceptors (Lipinski definition) is 11. The maximum Gasteiger partial charge on any atom is 0.437 e. The summed E-state index contributed by atoms with van der Waals surface area (Å²) in [6, 6.07) is 1.60. The number of aldehydes is 1. The molecule has 7 rings (SSSR count). The van der Waals surface area contributed by atoms with E-state index in [9.17, 15) is 45.6 Å². The van der Waals surface area contributed by atoms with Crippen molar-refractivity contribution in [3.05, 3.63) is 41.6 Å².